The maximum Gasteiger partial charge on any atom is 0.184 e. The zero-order valence-electron chi connectivity index (χ0n) is 16.8. The van der Waals surface area contributed by atoms with Gasteiger partial charge in [0.2, 0.25) is 0 Å². The molecule has 0 atom stereocenters. The van der Waals surface area contributed by atoms with Crippen molar-refractivity contribution in [3.8, 4) is 0 Å². The fourth-order valence-electron chi connectivity index (χ4n) is 3.18. The van der Waals surface area contributed by atoms with Crippen LogP contribution in [0, 0.1) is 0 Å². The molecule has 0 radical (unpaired) electrons. The number of hydrogen-bond acceptors (Lipinski definition) is 3. The third kappa shape index (κ3) is 6.34. The summed E-state index contributed by atoms with van der Waals surface area (Å²) in [5.41, 5.74) is 21.5. The number of nitrogens with zero attached hydrogens (tertiary/aromatic N) is 6. The van der Waals surface area contributed by atoms with Gasteiger partial charge in [-0.15, -0.1) is 0 Å². The van der Waals surface area contributed by atoms with E-state index in [4.69, 9.17) is 11.1 Å². The summed E-state index contributed by atoms with van der Waals surface area (Å²) in [5.74, 6) is 0.0814. The second-order valence-corrected chi connectivity index (χ2v) is 6.85. The lowest BCUT2D eigenvalue weighted by atomic mass is 9.88. The Kier molecular flexibility index (Phi) is 7.61. The molecule has 0 aliphatic heterocycles. The standard InChI is InChI=1S/C24H20N6O/c25-29-27-22-14-10-18(11-15-22)4-1-6-20-8-3-9-21(24(20)31)7-2-5-19-12-16-23(17-13-19)28-30-26/h1-2,4-7,10-17H,3,8-9H2. The van der Waals surface area contributed by atoms with Gasteiger partial charge < -0.3 is 0 Å². The van der Waals surface area contributed by atoms with Gasteiger partial charge >= 0.3 is 0 Å². The van der Waals surface area contributed by atoms with Crippen LogP contribution in [0.4, 0.5) is 11.4 Å². The maximum absolute atomic E-state index is 12.7. The summed E-state index contributed by atoms with van der Waals surface area (Å²) in [6.45, 7) is 0. The Morgan fingerprint density at radius 3 is 1.52 bits per heavy atom. The van der Waals surface area contributed by atoms with Crippen molar-refractivity contribution in [2.75, 3.05) is 0 Å². The molecule has 1 aliphatic carbocycles. The molecule has 152 valence electrons. The molecule has 1 aliphatic rings. The second kappa shape index (κ2) is 11.0. The summed E-state index contributed by atoms with van der Waals surface area (Å²) in [7, 11) is 0. The molecule has 0 aromatic heterocycles. The third-order valence-electron chi connectivity index (χ3n) is 4.75. The lowest BCUT2D eigenvalue weighted by molar-refractivity contribution is -0.113. The van der Waals surface area contributed by atoms with Crippen molar-refractivity contribution >= 4 is 29.3 Å². The van der Waals surface area contributed by atoms with Crippen LogP contribution in [0.5, 0.6) is 0 Å². The van der Waals surface area contributed by atoms with Gasteiger partial charge in [0.25, 0.3) is 0 Å². The minimum absolute atomic E-state index is 0.0814. The normalized spacial score (nSPS) is 16.6. The minimum Gasteiger partial charge on any atom is -0.289 e. The van der Waals surface area contributed by atoms with E-state index in [0.717, 1.165) is 41.5 Å². The molecule has 7 heteroatoms. The number of hydrogen-bond donors (Lipinski definition) is 0. The maximum atomic E-state index is 12.7. The predicted octanol–water partition coefficient (Wildman–Crippen LogP) is 7.90. The van der Waals surface area contributed by atoms with Gasteiger partial charge in [0.1, 0.15) is 0 Å². The van der Waals surface area contributed by atoms with Crippen molar-refractivity contribution in [3.63, 3.8) is 0 Å². The molecule has 1 saturated carbocycles. The zero-order chi connectivity index (χ0) is 21.9. The molecule has 0 saturated heterocycles. The lowest BCUT2D eigenvalue weighted by Gasteiger charge is -2.15. The Morgan fingerprint density at radius 1 is 0.710 bits per heavy atom. The number of azide groups is 2. The van der Waals surface area contributed by atoms with Crippen molar-refractivity contribution in [2.24, 2.45) is 10.2 Å². The van der Waals surface area contributed by atoms with Crippen molar-refractivity contribution in [3.05, 3.63) is 116 Å². The van der Waals surface area contributed by atoms with Gasteiger partial charge in [0.05, 0.1) is 0 Å². The number of benzene rings is 2. The first-order valence-electron chi connectivity index (χ1n) is 9.79. The molecule has 0 bridgehead atoms. The number of ketones is 1. The fourth-order valence-corrected chi connectivity index (χ4v) is 3.18. The molecule has 0 spiro atoms. The molecule has 2 aromatic carbocycles. The van der Waals surface area contributed by atoms with Gasteiger partial charge in [0, 0.05) is 21.2 Å². The molecule has 0 heterocycles. The van der Waals surface area contributed by atoms with Crippen molar-refractivity contribution < 1.29 is 4.79 Å². The van der Waals surface area contributed by atoms with E-state index in [-0.39, 0.29) is 5.78 Å². The molecule has 7 nitrogen and oxygen atoms in total. The molecule has 0 amide bonds. The SMILES string of the molecule is [N-]=[N+]=Nc1ccc(C=CC=C2CCCC(=CC=Cc3ccc(N=[N+]=[N-])cc3)C2=O)cc1. The highest BCUT2D eigenvalue weighted by molar-refractivity contribution is 6.09. The highest BCUT2D eigenvalue weighted by atomic mass is 16.1. The molecular formula is C24H20N6O. The Labute approximate surface area is 180 Å². The summed E-state index contributed by atoms with van der Waals surface area (Å²) >= 11 is 0. The average molecular weight is 408 g/mol. The van der Waals surface area contributed by atoms with Crippen LogP contribution in [0.15, 0.2) is 94.2 Å². The topological polar surface area (TPSA) is 115 Å². The summed E-state index contributed by atoms with van der Waals surface area (Å²) in [6.07, 6.45) is 13.8. The first-order valence-corrected chi connectivity index (χ1v) is 9.79. The van der Waals surface area contributed by atoms with Crippen molar-refractivity contribution in [1.82, 2.24) is 0 Å². The molecule has 31 heavy (non-hydrogen) atoms. The fraction of sp³-hybridized carbons (Fsp3) is 0.125. The average Bonchev–Trinajstić information content (AvgIpc) is 2.79. The van der Waals surface area contributed by atoms with Crippen LogP contribution < -0.4 is 0 Å². The van der Waals surface area contributed by atoms with E-state index in [1.807, 2.05) is 60.7 Å². The van der Waals surface area contributed by atoms with Crippen LogP contribution in [-0.4, -0.2) is 5.78 Å². The van der Waals surface area contributed by atoms with Crippen LogP contribution in [0.3, 0.4) is 0 Å². The molecule has 3 rings (SSSR count). The lowest BCUT2D eigenvalue weighted by Crippen LogP contribution is -2.12. The van der Waals surface area contributed by atoms with Gasteiger partial charge in [-0.25, -0.2) is 0 Å². The third-order valence-corrected chi connectivity index (χ3v) is 4.75. The molecule has 0 unspecified atom stereocenters. The van der Waals surface area contributed by atoms with E-state index in [0.29, 0.717) is 11.4 Å². The number of allylic oxidation sites excluding steroid dienone is 6. The first kappa shape index (κ1) is 21.4. The van der Waals surface area contributed by atoms with Gasteiger partial charge in [0.15, 0.2) is 5.78 Å². The molecular weight excluding hydrogens is 388 g/mol. The van der Waals surface area contributed by atoms with Gasteiger partial charge in [-0.2, -0.15) is 0 Å². The second-order valence-electron chi connectivity index (χ2n) is 6.85. The number of rotatable bonds is 6. The van der Waals surface area contributed by atoms with E-state index in [1.165, 1.54) is 0 Å². The number of carbonyl (C=O) groups is 1. The van der Waals surface area contributed by atoms with E-state index in [1.54, 1.807) is 24.3 Å². The Morgan fingerprint density at radius 2 is 1.13 bits per heavy atom. The van der Waals surface area contributed by atoms with Gasteiger partial charge in [-0.05, 0) is 52.6 Å². The Bertz CT molecular complexity index is 1070. The van der Waals surface area contributed by atoms with Crippen LogP contribution in [-0.2, 0) is 4.79 Å². The Balaban J connectivity index is 1.65. The monoisotopic (exact) mass is 408 g/mol. The van der Waals surface area contributed by atoms with Crippen LogP contribution >= 0.6 is 0 Å². The van der Waals surface area contributed by atoms with Crippen molar-refractivity contribution in [1.29, 1.82) is 0 Å². The molecule has 2 aromatic rings. The zero-order valence-corrected chi connectivity index (χ0v) is 16.8. The van der Waals surface area contributed by atoms with E-state index >= 15 is 0 Å². The molecule has 1 fully saturated rings. The van der Waals surface area contributed by atoms with Crippen molar-refractivity contribution in [2.45, 2.75) is 19.3 Å². The minimum atomic E-state index is 0.0814. The summed E-state index contributed by atoms with van der Waals surface area (Å²) < 4.78 is 0. The Hall–Kier alpha value is -4.31. The van der Waals surface area contributed by atoms with Gasteiger partial charge in [-0.1, -0.05) is 95.2 Å². The highest BCUT2D eigenvalue weighted by Crippen LogP contribution is 2.25. The first-order chi connectivity index (χ1) is 15.2. The predicted molar refractivity (Wildman–Crippen MR) is 124 cm³/mol. The largest absolute Gasteiger partial charge is 0.289 e. The van der Waals surface area contributed by atoms with E-state index < -0.39 is 0 Å². The quantitative estimate of drug-likeness (QED) is 0.205. The summed E-state index contributed by atoms with van der Waals surface area (Å²) in [5, 5.41) is 7.09. The van der Waals surface area contributed by atoms with Crippen LogP contribution in [0.25, 0.3) is 33.0 Å². The number of carbonyl (C=O) groups excluding carboxylic acids is 1. The summed E-state index contributed by atoms with van der Waals surface area (Å²) in [4.78, 5) is 18.3. The number of Topliss-reactive ketones (excluding diaryl/α,β-unsaturated/α-hetero) is 1. The molecule has 0 N–H and O–H groups in total. The van der Waals surface area contributed by atoms with E-state index in [2.05, 4.69) is 20.1 Å². The van der Waals surface area contributed by atoms with E-state index in [9.17, 15) is 4.79 Å². The highest BCUT2D eigenvalue weighted by Gasteiger charge is 2.19. The van der Waals surface area contributed by atoms with Gasteiger partial charge in [-0.3, -0.25) is 4.79 Å². The smallest absolute Gasteiger partial charge is 0.184 e. The van der Waals surface area contributed by atoms with Crippen LogP contribution in [0.2, 0.25) is 0 Å². The van der Waals surface area contributed by atoms with Crippen LogP contribution in [0.1, 0.15) is 30.4 Å². The summed E-state index contributed by atoms with van der Waals surface area (Å²) in [6, 6.07) is 14.4.